The van der Waals surface area contributed by atoms with Crippen molar-refractivity contribution in [1.82, 2.24) is 14.8 Å². The molecule has 22 heavy (non-hydrogen) atoms. The number of likely N-dealkylation sites (tertiary alicyclic amines) is 1. The number of thiazole rings is 1. The molecule has 1 saturated carbocycles. The van der Waals surface area contributed by atoms with E-state index in [0.717, 1.165) is 35.0 Å². The van der Waals surface area contributed by atoms with Gasteiger partial charge >= 0.3 is 0 Å². The molecule has 2 fully saturated rings. The van der Waals surface area contributed by atoms with E-state index in [4.69, 9.17) is 0 Å². The number of nitrogens with zero attached hydrogens (tertiary/aromatic N) is 3. The lowest BCUT2D eigenvalue weighted by molar-refractivity contribution is -0.134. The molecule has 0 aromatic carbocycles. The highest BCUT2D eigenvalue weighted by Crippen LogP contribution is 2.40. The van der Waals surface area contributed by atoms with Crippen molar-refractivity contribution >= 4 is 23.2 Å². The maximum absolute atomic E-state index is 12.7. The van der Waals surface area contributed by atoms with E-state index >= 15 is 0 Å². The summed E-state index contributed by atoms with van der Waals surface area (Å²) in [5, 5.41) is 0.932. The number of piperidine rings is 1. The van der Waals surface area contributed by atoms with Crippen LogP contribution in [-0.2, 0) is 4.79 Å². The van der Waals surface area contributed by atoms with Crippen molar-refractivity contribution in [3.63, 3.8) is 0 Å². The lowest BCUT2D eigenvalue weighted by Gasteiger charge is -2.31. The molecule has 5 nitrogen and oxygen atoms in total. The van der Waals surface area contributed by atoms with Gasteiger partial charge in [0.15, 0.2) is 0 Å². The molecule has 2 amide bonds. The van der Waals surface area contributed by atoms with Gasteiger partial charge < -0.3 is 9.80 Å². The predicted octanol–water partition coefficient (Wildman–Crippen LogP) is 2.09. The van der Waals surface area contributed by atoms with Crippen LogP contribution >= 0.6 is 11.3 Å². The Balaban J connectivity index is 1.71. The Morgan fingerprint density at radius 1 is 1.32 bits per heavy atom. The first-order valence-electron chi connectivity index (χ1n) is 7.82. The van der Waals surface area contributed by atoms with Crippen LogP contribution in [0, 0.1) is 25.7 Å². The molecule has 0 unspecified atom stereocenters. The number of carbonyl (C=O) groups excluding carboxylic acids is 2. The minimum Gasteiger partial charge on any atom is -0.345 e. The number of hydrogen-bond acceptors (Lipinski definition) is 4. The summed E-state index contributed by atoms with van der Waals surface area (Å²) in [7, 11) is 3.77. The number of amides is 2. The minimum atomic E-state index is 0.0754. The summed E-state index contributed by atoms with van der Waals surface area (Å²) in [5.41, 5.74) is 0.824. The highest BCUT2D eigenvalue weighted by Gasteiger charge is 2.42. The predicted molar refractivity (Wildman–Crippen MR) is 85.9 cm³/mol. The van der Waals surface area contributed by atoms with Gasteiger partial charge in [0.2, 0.25) is 5.91 Å². The highest BCUT2D eigenvalue weighted by atomic mass is 32.1. The van der Waals surface area contributed by atoms with Crippen molar-refractivity contribution in [3.05, 3.63) is 15.6 Å². The minimum absolute atomic E-state index is 0.0754. The number of rotatable bonds is 2. The third-order valence-electron chi connectivity index (χ3n) is 5.15. The fraction of sp³-hybridized carbons (Fsp3) is 0.688. The summed E-state index contributed by atoms with van der Waals surface area (Å²) in [4.78, 5) is 33.4. The zero-order valence-electron chi connectivity index (χ0n) is 13.6. The quantitative estimate of drug-likeness (QED) is 0.838. The Labute approximate surface area is 135 Å². The van der Waals surface area contributed by atoms with E-state index in [0.29, 0.717) is 18.3 Å². The monoisotopic (exact) mass is 321 g/mol. The maximum Gasteiger partial charge on any atom is 0.265 e. The molecule has 1 aromatic heterocycles. The molecule has 2 aliphatic rings. The summed E-state index contributed by atoms with van der Waals surface area (Å²) in [5.74, 6) is 1.29. The zero-order valence-corrected chi connectivity index (χ0v) is 14.4. The smallest absolute Gasteiger partial charge is 0.265 e. The van der Waals surface area contributed by atoms with Crippen molar-refractivity contribution in [1.29, 1.82) is 0 Å². The first-order valence-corrected chi connectivity index (χ1v) is 8.63. The molecule has 0 bridgehead atoms. The van der Waals surface area contributed by atoms with Crippen LogP contribution in [0.1, 0.15) is 39.6 Å². The van der Waals surface area contributed by atoms with Crippen LogP contribution in [0.5, 0.6) is 0 Å². The number of aromatic nitrogens is 1. The van der Waals surface area contributed by atoms with Gasteiger partial charge in [0.25, 0.3) is 5.91 Å². The Hall–Kier alpha value is -1.43. The number of fused-ring (bicyclic) bond motifs is 1. The molecular formula is C16H23N3O2S. The van der Waals surface area contributed by atoms with Crippen molar-refractivity contribution < 1.29 is 9.59 Å². The van der Waals surface area contributed by atoms with Crippen LogP contribution in [0.25, 0.3) is 0 Å². The van der Waals surface area contributed by atoms with Gasteiger partial charge in [0.1, 0.15) is 4.88 Å². The molecule has 0 radical (unpaired) electrons. The standard InChI is InChI=1S/C16H23N3O2S/c1-9-15(22-10(2)17-9)16(21)19(4)13-5-11-7-14(20)18(3)8-12(11)6-13/h11-13H,5-8H2,1-4H3/t11-,12+,13-/m0/s1. The molecule has 3 atom stereocenters. The van der Waals surface area contributed by atoms with Crippen LogP contribution in [0.3, 0.4) is 0 Å². The van der Waals surface area contributed by atoms with E-state index in [-0.39, 0.29) is 17.9 Å². The molecule has 1 aliphatic carbocycles. The largest absolute Gasteiger partial charge is 0.345 e. The average Bonchev–Trinajstić information content (AvgIpc) is 3.00. The van der Waals surface area contributed by atoms with Gasteiger partial charge in [-0.2, -0.15) is 0 Å². The molecular weight excluding hydrogens is 298 g/mol. The Kier molecular flexibility index (Phi) is 3.97. The molecule has 1 aliphatic heterocycles. The van der Waals surface area contributed by atoms with Gasteiger partial charge in [-0.1, -0.05) is 0 Å². The fourth-order valence-electron chi connectivity index (χ4n) is 3.86. The van der Waals surface area contributed by atoms with Crippen LogP contribution in [-0.4, -0.2) is 53.3 Å². The third kappa shape index (κ3) is 2.64. The van der Waals surface area contributed by atoms with Gasteiger partial charge in [-0.25, -0.2) is 4.98 Å². The molecule has 2 heterocycles. The summed E-state index contributed by atoms with van der Waals surface area (Å²) in [6.07, 6.45) is 2.59. The second kappa shape index (κ2) is 5.65. The van der Waals surface area contributed by atoms with Crippen LogP contribution in [0.2, 0.25) is 0 Å². The molecule has 6 heteroatoms. The van der Waals surface area contributed by atoms with Gasteiger partial charge in [-0.05, 0) is 38.5 Å². The van der Waals surface area contributed by atoms with E-state index in [1.54, 1.807) is 0 Å². The first-order chi connectivity index (χ1) is 10.4. The molecule has 3 rings (SSSR count). The maximum atomic E-state index is 12.7. The lowest BCUT2D eigenvalue weighted by atomic mass is 9.88. The molecule has 0 N–H and O–H groups in total. The van der Waals surface area contributed by atoms with Crippen LogP contribution in [0.4, 0.5) is 0 Å². The van der Waals surface area contributed by atoms with Crippen LogP contribution in [0.15, 0.2) is 0 Å². The second-order valence-corrected chi connectivity index (χ2v) is 7.89. The van der Waals surface area contributed by atoms with Crippen LogP contribution < -0.4 is 0 Å². The number of aryl methyl sites for hydroxylation is 2. The molecule has 0 spiro atoms. The molecule has 1 saturated heterocycles. The van der Waals surface area contributed by atoms with Gasteiger partial charge in [-0.15, -0.1) is 11.3 Å². The second-order valence-electron chi connectivity index (χ2n) is 6.69. The number of hydrogen-bond donors (Lipinski definition) is 0. The zero-order chi connectivity index (χ0) is 16.0. The van der Waals surface area contributed by atoms with E-state index in [9.17, 15) is 9.59 Å². The summed E-state index contributed by atoms with van der Waals surface area (Å²) in [6, 6.07) is 0.239. The van der Waals surface area contributed by atoms with Gasteiger partial charge in [-0.3, -0.25) is 9.59 Å². The topological polar surface area (TPSA) is 53.5 Å². The van der Waals surface area contributed by atoms with E-state index in [1.165, 1.54) is 11.3 Å². The van der Waals surface area contributed by atoms with Gasteiger partial charge in [0, 0.05) is 33.1 Å². The SMILES string of the molecule is Cc1nc(C)c(C(=O)N(C)[C@H]2C[C@H]3CC(=O)N(C)C[C@H]3C2)s1. The van der Waals surface area contributed by atoms with Crippen molar-refractivity contribution in [2.75, 3.05) is 20.6 Å². The van der Waals surface area contributed by atoms with E-state index < -0.39 is 0 Å². The highest BCUT2D eigenvalue weighted by molar-refractivity contribution is 7.13. The third-order valence-corrected chi connectivity index (χ3v) is 6.21. The Bertz CT molecular complexity index is 613. The normalized spacial score (nSPS) is 27.9. The summed E-state index contributed by atoms with van der Waals surface area (Å²) >= 11 is 1.47. The fourth-order valence-corrected chi connectivity index (χ4v) is 4.76. The van der Waals surface area contributed by atoms with E-state index in [1.807, 2.05) is 37.7 Å². The first kappa shape index (κ1) is 15.5. The number of carbonyl (C=O) groups is 2. The summed E-state index contributed by atoms with van der Waals surface area (Å²) in [6.45, 7) is 4.66. The van der Waals surface area contributed by atoms with Crippen molar-refractivity contribution in [2.24, 2.45) is 11.8 Å². The average molecular weight is 321 g/mol. The van der Waals surface area contributed by atoms with Gasteiger partial charge in [0.05, 0.1) is 10.7 Å². The van der Waals surface area contributed by atoms with Crippen molar-refractivity contribution in [2.45, 2.75) is 39.2 Å². The van der Waals surface area contributed by atoms with Crippen molar-refractivity contribution in [3.8, 4) is 0 Å². The lowest BCUT2D eigenvalue weighted by Crippen LogP contribution is -2.39. The summed E-state index contributed by atoms with van der Waals surface area (Å²) < 4.78 is 0. The Morgan fingerprint density at radius 3 is 2.64 bits per heavy atom. The molecule has 120 valence electrons. The molecule has 1 aromatic rings. The Morgan fingerprint density at radius 2 is 2.00 bits per heavy atom. The van der Waals surface area contributed by atoms with E-state index in [2.05, 4.69) is 4.98 Å².